The van der Waals surface area contributed by atoms with E-state index in [9.17, 15) is 0 Å². The Balaban J connectivity index is 2.10. The van der Waals surface area contributed by atoms with Crippen molar-refractivity contribution in [2.75, 3.05) is 0 Å². The van der Waals surface area contributed by atoms with E-state index in [0.717, 1.165) is 21.5 Å². The lowest BCUT2D eigenvalue weighted by molar-refractivity contribution is 0.414. The van der Waals surface area contributed by atoms with Crippen LogP contribution in [-0.4, -0.2) is 15.5 Å². The number of aromatic nitrogens is 2. The van der Waals surface area contributed by atoms with Gasteiger partial charge in [0.25, 0.3) is 0 Å². The van der Waals surface area contributed by atoms with E-state index in [-0.39, 0.29) is 5.54 Å². The van der Waals surface area contributed by atoms with E-state index in [1.54, 1.807) is 12.4 Å². The molecule has 0 bridgehead atoms. The zero-order chi connectivity index (χ0) is 15.5. The molecule has 0 atom stereocenters. The zero-order valence-electron chi connectivity index (χ0n) is 12.8. The molecule has 5 heteroatoms. The predicted molar refractivity (Wildman–Crippen MR) is 87.6 cm³/mol. The van der Waals surface area contributed by atoms with Crippen molar-refractivity contribution in [3.05, 3.63) is 46.3 Å². The average molecular weight is 350 g/mol. The van der Waals surface area contributed by atoms with Crippen molar-refractivity contribution in [3.8, 4) is 11.6 Å². The molecule has 0 aliphatic heterocycles. The summed E-state index contributed by atoms with van der Waals surface area (Å²) in [5, 5.41) is 3.38. The molecule has 0 aliphatic carbocycles. The van der Waals surface area contributed by atoms with E-state index >= 15 is 0 Å². The Bertz CT molecular complexity index is 623. The molecule has 2 aromatic rings. The van der Waals surface area contributed by atoms with Crippen molar-refractivity contribution in [3.63, 3.8) is 0 Å². The molecule has 0 saturated heterocycles. The van der Waals surface area contributed by atoms with Crippen molar-refractivity contribution in [2.24, 2.45) is 0 Å². The van der Waals surface area contributed by atoms with Gasteiger partial charge in [-0.1, -0.05) is 15.9 Å². The summed E-state index contributed by atoms with van der Waals surface area (Å²) in [7, 11) is 0. The molecule has 0 unspecified atom stereocenters. The van der Waals surface area contributed by atoms with Crippen LogP contribution in [0, 0.1) is 6.92 Å². The quantitative estimate of drug-likeness (QED) is 0.897. The minimum atomic E-state index is 0.0425. The number of rotatable bonds is 4. The number of benzene rings is 1. The van der Waals surface area contributed by atoms with Gasteiger partial charge in [-0.25, -0.2) is 4.98 Å². The molecule has 0 spiro atoms. The summed E-state index contributed by atoms with van der Waals surface area (Å²) in [5.74, 6) is 1.29. The van der Waals surface area contributed by atoms with Gasteiger partial charge in [-0.15, -0.1) is 0 Å². The summed E-state index contributed by atoms with van der Waals surface area (Å²) in [6.07, 6.45) is 3.38. The van der Waals surface area contributed by atoms with E-state index in [2.05, 4.69) is 52.0 Å². The van der Waals surface area contributed by atoms with Gasteiger partial charge in [0.15, 0.2) is 0 Å². The maximum Gasteiger partial charge on any atom is 0.238 e. The zero-order valence-corrected chi connectivity index (χ0v) is 14.4. The largest absolute Gasteiger partial charge is 0.437 e. The van der Waals surface area contributed by atoms with Crippen LogP contribution >= 0.6 is 15.9 Å². The predicted octanol–water partition coefficient (Wildman–Crippen LogP) is 4.23. The van der Waals surface area contributed by atoms with Crippen LogP contribution < -0.4 is 10.1 Å². The summed E-state index contributed by atoms with van der Waals surface area (Å²) < 4.78 is 6.84. The minimum absolute atomic E-state index is 0.0425. The third-order valence-electron chi connectivity index (χ3n) is 2.81. The number of hydrogen-bond donors (Lipinski definition) is 1. The fourth-order valence-corrected chi connectivity index (χ4v) is 2.19. The summed E-state index contributed by atoms with van der Waals surface area (Å²) in [5.41, 5.74) is 1.95. The van der Waals surface area contributed by atoms with Crippen LogP contribution in [0.1, 0.15) is 32.0 Å². The third kappa shape index (κ3) is 5.10. The first kappa shape index (κ1) is 15.9. The number of nitrogens with one attached hydrogen (secondary N) is 1. The minimum Gasteiger partial charge on any atom is -0.437 e. The highest BCUT2D eigenvalue weighted by Crippen LogP contribution is 2.26. The molecular formula is C16H20BrN3O. The Morgan fingerprint density at radius 3 is 2.67 bits per heavy atom. The topological polar surface area (TPSA) is 47.0 Å². The van der Waals surface area contributed by atoms with Crippen molar-refractivity contribution in [1.29, 1.82) is 0 Å². The molecule has 1 aromatic carbocycles. The molecular weight excluding hydrogens is 330 g/mol. The summed E-state index contributed by atoms with van der Waals surface area (Å²) >= 11 is 3.44. The molecule has 1 N–H and O–H groups in total. The maximum atomic E-state index is 5.81. The van der Waals surface area contributed by atoms with Gasteiger partial charge in [0, 0.05) is 22.8 Å². The van der Waals surface area contributed by atoms with Crippen molar-refractivity contribution in [2.45, 2.75) is 39.8 Å². The first-order valence-corrected chi connectivity index (χ1v) is 7.63. The van der Waals surface area contributed by atoms with Crippen LogP contribution in [-0.2, 0) is 6.54 Å². The Morgan fingerprint density at radius 1 is 1.24 bits per heavy atom. The van der Waals surface area contributed by atoms with Gasteiger partial charge in [-0.05, 0) is 51.5 Å². The second-order valence-electron chi connectivity index (χ2n) is 5.96. The Hall–Kier alpha value is -1.46. The van der Waals surface area contributed by atoms with Gasteiger partial charge in [0.2, 0.25) is 5.88 Å². The van der Waals surface area contributed by atoms with Crippen LogP contribution in [0.15, 0.2) is 35.1 Å². The maximum absolute atomic E-state index is 5.81. The number of ether oxygens (including phenoxy) is 1. The molecule has 0 amide bonds. The molecule has 1 aromatic heterocycles. The monoisotopic (exact) mass is 349 g/mol. The van der Waals surface area contributed by atoms with Gasteiger partial charge in [-0.3, -0.25) is 4.98 Å². The van der Waals surface area contributed by atoms with Gasteiger partial charge in [0.05, 0.1) is 11.9 Å². The second kappa shape index (κ2) is 6.54. The van der Waals surface area contributed by atoms with E-state index in [4.69, 9.17) is 4.74 Å². The number of aryl methyl sites for hydroxylation is 1. The lowest BCUT2D eigenvalue weighted by Crippen LogP contribution is -2.35. The van der Waals surface area contributed by atoms with Gasteiger partial charge < -0.3 is 10.1 Å². The Morgan fingerprint density at radius 2 is 2.00 bits per heavy atom. The molecule has 112 valence electrons. The Labute approximate surface area is 134 Å². The van der Waals surface area contributed by atoms with Crippen LogP contribution in [0.3, 0.4) is 0 Å². The van der Waals surface area contributed by atoms with E-state index in [1.807, 2.05) is 25.1 Å². The molecule has 0 fully saturated rings. The first-order valence-electron chi connectivity index (χ1n) is 6.83. The van der Waals surface area contributed by atoms with Crippen molar-refractivity contribution < 1.29 is 4.74 Å². The molecule has 4 nitrogen and oxygen atoms in total. The number of hydrogen-bond acceptors (Lipinski definition) is 4. The van der Waals surface area contributed by atoms with Crippen LogP contribution in [0.25, 0.3) is 0 Å². The lowest BCUT2D eigenvalue weighted by Gasteiger charge is -2.20. The van der Waals surface area contributed by atoms with E-state index in [0.29, 0.717) is 12.4 Å². The average Bonchev–Trinajstić information content (AvgIpc) is 2.39. The summed E-state index contributed by atoms with van der Waals surface area (Å²) in [6, 6.07) is 5.87. The van der Waals surface area contributed by atoms with Gasteiger partial charge in [0.1, 0.15) is 5.75 Å². The summed E-state index contributed by atoms with van der Waals surface area (Å²) in [4.78, 5) is 8.67. The summed E-state index contributed by atoms with van der Waals surface area (Å²) in [6.45, 7) is 9.01. The number of halogens is 1. The van der Waals surface area contributed by atoms with Gasteiger partial charge in [-0.2, -0.15) is 0 Å². The molecule has 0 aliphatic rings. The van der Waals surface area contributed by atoms with Gasteiger partial charge >= 0.3 is 0 Å². The fraction of sp³-hybridized carbons (Fsp3) is 0.375. The molecule has 1 heterocycles. The Kier molecular flexibility index (Phi) is 4.96. The van der Waals surface area contributed by atoms with Crippen molar-refractivity contribution in [1.82, 2.24) is 15.3 Å². The highest BCUT2D eigenvalue weighted by molar-refractivity contribution is 9.10. The smallest absolute Gasteiger partial charge is 0.238 e. The van der Waals surface area contributed by atoms with E-state index < -0.39 is 0 Å². The first-order chi connectivity index (χ1) is 9.83. The van der Waals surface area contributed by atoms with Crippen molar-refractivity contribution >= 4 is 15.9 Å². The van der Waals surface area contributed by atoms with Crippen LogP contribution in [0.4, 0.5) is 0 Å². The third-order valence-corrected chi connectivity index (χ3v) is 3.31. The van der Waals surface area contributed by atoms with Crippen LogP contribution in [0.2, 0.25) is 0 Å². The normalized spacial score (nSPS) is 11.5. The fourth-order valence-electron chi connectivity index (χ4n) is 1.72. The highest BCUT2D eigenvalue weighted by Gasteiger charge is 2.10. The second-order valence-corrected chi connectivity index (χ2v) is 6.88. The standard InChI is InChI=1S/C16H20BrN3O/c1-11-7-12(17)5-6-14(11)21-15-10-18-8-13(20-15)9-19-16(2,3)4/h5-8,10,19H,9H2,1-4H3. The highest BCUT2D eigenvalue weighted by atomic mass is 79.9. The number of nitrogens with zero attached hydrogens (tertiary/aromatic N) is 2. The van der Waals surface area contributed by atoms with Crippen LogP contribution in [0.5, 0.6) is 11.6 Å². The molecule has 0 radical (unpaired) electrons. The SMILES string of the molecule is Cc1cc(Br)ccc1Oc1cncc(CNC(C)(C)C)n1. The molecule has 2 rings (SSSR count). The lowest BCUT2D eigenvalue weighted by atomic mass is 10.1. The van der Waals surface area contributed by atoms with E-state index in [1.165, 1.54) is 0 Å². The molecule has 21 heavy (non-hydrogen) atoms. The molecule has 0 saturated carbocycles.